The average Bonchev–Trinajstić information content (AvgIpc) is 3.63. The zero-order valence-electron chi connectivity index (χ0n) is 21.2. The van der Waals surface area contributed by atoms with Crippen LogP contribution in [0.3, 0.4) is 0 Å². The van der Waals surface area contributed by atoms with E-state index < -0.39 is 11.7 Å². The number of anilines is 2. The zero-order chi connectivity index (χ0) is 24.8. The van der Waals surface area contributed by atoms with E-state index in [2.05, 4.69) is 20.4 Å². The van der Waals surface area contributed by atoms with Crippen LogP contribution in [-0.2, 0) is 11.3 Å². The maximum Gasteiger partial charge on any atom is 0.412 e. The Labute approximate surface area is 208 Å². The minimum absolute atomic E-state index is 0.222. The molecule has 2 aromatic carbocycles. The molecule has 188 valence electrons. The maximum atomic E-state index is 12.9. The number of nitrogens with one attached hydrogen (secondary N) is 2. The van der Waals surface area contributed by atoms with Crippen molar-refractivity contribution in [2.75, 3.05) is 43.4 Å². The van der Waals surface area contributed by atoms with Gasteiger partial charge in [0, 0.05) is 31.7 Å². The minimum Gasteiger partial charge on any atom is -0.444 e. The first-order chi connectivity index (χ1) is 16.7. The van der Waals surface area contributed by atoms with E-state index in [4.69, 9.17) is 4.74 Å². The fraction of sp³-hybridized carbons (Fsp3) is 0.500. The third kappa shape index (κ3) is 8.08. The van der Waals surface area contributed by atoms with Crippen LogP contribution >= 0.6 is 0 Å². The van der Waals surface area contributed by atoms with Crippen molar-refractivity contribution < 1.29 is 14.3 Å². The van der Waals surface area contributed by atoms with E-state index in [0.717, 1.165) is 32.1 Å². The predicted molar refractivity (Wildman–Crippen MR) is 140 cm³/mol. The van der Waals surface area contributed by atoms with E-state index >= 15 is 0 Å². The van der Waals surface area contributed by atoms with Crippen LogP contribution in [0, 0.1) is 5.92 Å². The third-order valence-electron chi connectivity index (χ3n) is 6.33. The smallest absolute Gasteiger partial charge is 0.412 e. The van der Waals surface area contributed by atoms with Crippen LogP contribution in [0.25, 0.3) is 0 Å². The second-order valence-corrected chi connectivity index (χ2v) is 10.7. The number of amides is 2. The Bertz CT molecular complexity index is 1010. The van der Waals surface area contributed by atoms with Crippen LogP contribution in [0.4, 0.5) is 16.2 Å². The Morgan fingerprint density at radius 3 is 2.17 bits per heavy atom. The highest BCUT2D eigenvalue weighted by Gasteiger charge is 2.25. The third-order valence-corrected chi connectivity index (χ3v) is 6.33. The Kier molecular flexibility index (Phi) is 8.08. The summed E-state index contributed by atoms with van der Waals surface area (Å²) in [7, 11) is 0. The van der Waals surface area contributed by atoms with Crippen LogP contribution in [0.15, 0.2) is 48.5 Å². The molecular weight excluding hydrogens is 440 g/mol. The standard InChI is InChI=1S/C28H38N4O3/c1-28(2,3)35-27(34)30-25-8-5-4-7-24(25)29-26(33)23-13-11-22(12-14-23)20-32-16-6-15-31(17-18-32)19-21-9-10-21/h4-5,7-8,11-14,21H,6,9-10,15-20H2,1-3H3,(H,29,33)(H,30,34). The molecular formula is C28H38N4O3. The van der Waals surface area contributed by atoms with Gasteiger partial charge in [-0.05, 0) is 88.9 Å². The van der Waals surface area contributed by atoms with E-state index in [1.54, 1.807) is 39.0 Å². The average molecular weight is 479 g/mol. The van der Waals surface area contributed by atoms with Crippen molar-refractivity contribution in [3.8, 4) is 0 Å². The molecule has 0 bridgehead atoms. The van der Waals surface area contributed by atoms with Gasteiger partial charge in [-0.3, -0.25) is 15.0 Å². The van der Waals surface area contributed by atoms with E-state index in [9.17, 15) is 9.59 Å². The molecule has 7 nitrogen and oxygen atoms in total. The van der Waals surface area contributed by atoms with Crippen molar-refractivity contribution in [2.24, 2.45) is 5.92 Å². The molecule has 2 fully saturated rings. The van der Waals surface area contributed by atoms with E-state index in [0.29, 0.717) is 16.9 Å². The molecule has 0 spiro atoms. The summed E-state index contributed by atoms with van der Waals surface area (Å²) in [5, 5.41) is 5.62. The summed E-state index contributed by atoms with van der Waals surface area (Å²) < 4.78 is 5.33. The van der Waals surface area contributed by atoms with Gasteiger partial charge in [0.1, 0.15) is 5.60 Å². The van der Waals surface area contributed by atoms with Crippen molar-refractivity contribution in [1.29, 1.82) is 0 Å². The van der Waals surface area contributed by atoms with Gasteiger partial charge in [0.25, 0.3) is 5.91 Å². The molecule has 1 aliphatic heterocycles. The molecule has 2 N–H and O–H groups in total. The molecule has 4 rings (SSSR count). The number of hydrogen-bond donors (Lipinski definition) is 2. The van der Waals surface area contributed by atoms with Crippen LogP contribution in [0.1, 0.15) is 56.0 Å². The van der Waals surface area contributed by atoms with Crippen molar-refractivity contribution >= 4 is 23.4 Å². The molecule has 1 saturated heterocycles. The summed E-state index contributed by atoms with van der Waals surface area (Å²) in [5.41, 5.74) is 2.20. The molecule has 0 unspecified atom stereocenters. The maximum absolute atomic E-state index is 12.9. The Balaban J connectivity index is 1.31. The second kappa shape index (κ2) is 11.2. The van der Waals surface area contributed by atoms with Gasteiger partial charge in [0.15, 0.2) is 0 Å². The highest BCUT2D eigenvalue weighted by Crippen LogP contribution is 2.30. The molecule has 2 amide bonds. The Morgan fingerprint density at radius 2 is 1.51 bits per heavy atom. The second-order valence-electron chi connectivity index (χ2n) is 10.7. The molecule has 2 aliphatic rings. The SMILES string of the molecule is CC(C)(C)OC(=O)Nc1ccccc1NC(=O)c1ccc(CN2CCCN(CC3CC3)CC2)cc1. The summed E-state index contributed by atoms with van der Waals surface area (Å²) in [6.45, 7) is 12.2. The van der Waals surface area contributed by atoms with Crippen molar-refractivity contribution in [2.45, 2.75) is 52.2 Å². The molecule has 35 heavy (non-hydrogen) atoms. The number of nitrogens with zero attached hydrogens (tertiary/aromatic N) is 2. The number of ether oxygens (including phenoxy) is 1. The Morgan fingerprint density at radius 1 is 0.886 bits per heavy atom. The largest absolute Gasteiger partial charge is 0.444 e. The lowest BCUT2D eigenvalue weighted by atomic mass is 10.1. The van der Waals surface area contributed by atoms with Crippen molar-refractivity contribution in [3.05, 3.63) is 59.7 Å². The quantitative estimate of drug-likeness (QED) is 0.572. The summed E-state index contributed by atoms with van der Waals surface area (Å²) in [5.74, 6) is 0.723. The highest BCUT2D eigenvalue weighted by atomic mass is 16.6. The normalized spacial score (nSPS) is 17.5. The summed E-state index contributed by atoms with van der Waals surface area (Å²) in [6, 6.07) is 14.9. The van der Waals surface area contributed by atoms with E-state index in [1.165, 1.54) is 37.9 Å². The van der Waals surface area contributed by atoms with Crippen molar-refractivity contribution in [3.63, 3.8) is 0 Å². The molecule has 1 aliphatic carbocycles. The lowest BCUT2D eigenvalue weighted by molar-refractivity contribution is 0.0635. The molecule has 0 radical (unpaired) electrons. The first kappa shape index (κ1) is 25.2. The van der Waals surface area contributed by atoms with Gasteiger partial charge in [-0.1, -0.05) is 24.3 Å². The van der Waals surface area contributed by atoms with Gasteiger partial charge in [-0.25, -0.2) is 4.79 Å². The molecule has 0 atom stereocenters. The van der Waals surface area contributed by atoms with Crippen LogP contribution in [0.2, 0.25) is 0 Å². The number of benzene rings is 2. The van der Waals surface area contributed by atoms with E-state index in [1.807, 2.05) is 30.3 Å². The summed E-state index contributed by atoms with van der Waals surface area (Å²) in [4.78, 5) is 30.2. The molecule has 7 heteroatoms. The van der Waals surface area contributed by atoms with Gasteiger partial charge >= 0.3 is 6.09 Å². The number of carbonyl (C=O) groups is 2. The summed E-state index contributed by atoms with van der Waals surface area (Å²) >= 11 is 0. The molecule has 1 saturated carbocycles. The number of para-hydroxylation sites is 2. The van der Waals surface area contributed by atoms with Crippen LogP contribution in [0.5, 0.6) is 0 Å². The first-order valence-electron chi connectivity index (χ1n) is 12.7. The molecule has 1 heterocycles. The van der Waals surface area contributed by atoms with Gasteiger partial charge < -0.3 is 15.0 Å². The predicted octanol–water partition coefficient (Wildman–Crippen LogP) is 5.20. The fourth-order valence-corrected chi connectivity index (χ4v) is 4.36. The first-order valence-corrected chi connectivity index (χ1v) is 12.7. The van der Waals surface area contributed by atoms with Gasteiger partial charge in [-0.2, -0.15) is 0 Å². The lowest BCUT2D eigenvalue weighted by Crippen LogP contribution is -2.31. The van der Waals surface area contributed by atoms with Crippen molar-refractivity contribution in [1.82, 2.24) is 9.80 Å². The summed E-state index contributed by atoms with van der Waals surface area (Å²) in [6.07, 6.45) is 3.47. The lowest BCUT2D eigenvalue weighted by Gasteiger charge is -2.22. The van der Waals surface area contributed by atoms with Gasteiger partial charge in [-0.15, -0.1) is 0 Å². The topological polar surface area (TPSA) is 73.9 Å². The Hall–Kier alpha value is -2.90. The number of hydrogen-bond acceptors (Lipinski definition) is 5. The van der Waals surface area contributed by atoms with Crippen LogP contribution in [-0.4, -0.2) is 60.1 Å². The van der Waals surface area contributed by atoms with Gasteiger partial charge in [0.05, 0.1) is 11.4 Å². The minimum atomic E-state index is -0.604. The number of carbonyl (C=O) groups excluding carboxylic acids is 2. The van der Waals surface area contributed by atoms with Crippen LogP contribution < -0.4 is 10.6 Å². The van der Waals surface area contributed by atoms with E-state index in [-0.39, 0.29) is 5.91 Å². The zero-order valence-corrected chi connectivity index (χ0v) is 21.2. The fourth-order valence-electron chi connectivity index (χ4n) is 4.36. The molecule has 0 aromatic heterocycles. The highest BCUT2D eigenvalue weighted by molar-refractivity contribution is 6.06. The van der Waals surface area contributed by atoms with Gasteiger partial charge in [0.2, 0.25) is 0 Å². The number of rotatable bonds is 7. The monoisotopic (exact) mass is 478 g/mol. The molecule has 2 aromatic rings.